The van der Waals surface area contributed by atoms with Gasteiger partial charge in [-0.3, -0.25) is 0 Å². The fraction of sp³-hybridized carbons (Fsp3) is 0.467. The lowest BCUT2D eigenvalue weighted by Gasteiger charge is -2.26. The van der Waals surface area contributed by atoms with Crippen LogP contribution in [0, 0.1) is 6.92 Å². The van der Waals surface area contributed by atoms with Crippen molar-refractivity contribution in [2.45, 2.75) is 6.92 Å². The molecule has 0 unspecified atom stereocenters. The van der Waals surface area contributed by atoms with Gasteiger partial charge in [0.05, 0.1) is 15.2 Å². The summed E-state index contributed by atoms with van der Waals surface area (Å²) in [6.45, 7) is 5.60. The van der Waals surface area contributed by atoms with Crippen molar-refractivity contribution >= 4 is 27.6 Å². The van der Waals surface area contributed by atoms with Crippen molar-refractivity contribution < 1.29 is 14.3 Å². The smallest absolute Gasteiger partial charge is 0.409 e. The van der Waals surface area contributed by atoms with Crippen LogP contribution in [-0.2, 0) is 4.74 Å². The molecule has 0 bridgehead atoms. The van der Waals surface area contributed by atoms with E-state index < -0.39 is 0 Å². The highest BCUT2D eigenvalue weighted by atomic mass is 32.1. The molecule has 118 valence electrons. The number of carbonyl (C=O) groups is 1. The van der Waals surface area contributed by atoms with E-state index in [2.05, 4.69) is 10.3 Å². The number of aryl methyl sites for hydroxylation is 1. The van der Waals surface area contributed by atoms with Crippen molar-refractivity contribution in [3.8, 4) is 5.75 Å². The zero-order valence-electron chi connectivity index (χ0n) is 12.5. The second-order valence-electron chi connectivity index (χ2n) is 5.06. The van der Waals surface area contributed by atoms with Gasteiger partial charge in [0, 0.05) is 32.2 Å². The van der Waals surface area contributed by atoms with Gasteiger partial charge < -0.3 is 19.7 Å². The van der Waals surface area contributed by atoms with Crippen molar-refractivity contribution in [2.24, 2.45) is 0 Å². The van der Waals surface area contributed by atoms with Crippen LogP contribution < -0.4 is 10.1 Å². The maximum Gasteiger partial charge on any atom is 0.409 e. The fourth-order valence-corrected chi connectivity index (χ4v) is 3.15. The van der Waals surface area contributed by atoms with Crippen LogP contribution >= 0.6 is 11.3 Å². The Balaban J connectivity index is 1.44. The molecule has 1 aromatic heterocycles. The van der Waals surface area contributed by atoms with Crippen LogP contribution in [-0.4, -0.2) is 55.4 Å². The zero-order chi connectivity index (χ0) is 15.4. The standard InChI is InChI=1S/C15H19N3O3S/c1-11-17-13-10-12(2-3-14(13)22-11)20-8-9-21-15(19)18-6-4-16-5-7-18/h2-3,10,16H,4-9H2,1H3. The molecule has 0 radical (unpaired) electrons. The lowest BCUT2D eigenvalue weighted by atomic mass is 10.3. The van der Waals surface area contributed by atoms with Gasteiger partial charge >= 0.3 is 6.09 Å². The minimum atomic E-state index is -0.268. The molecule has 1 saturated heterocycles. The number of piperazine rings is 1. The Bertz CT molecular complexity index is 653. The number of nitrogens with zero attached hydrogens (tertiary/aromatic N) is 2. The molecule has 0 saturated carbocycles. The molecule has 1 N–H and O–H groups in total. The van der Waals surface area contributed by atoms with Crippen molar-refractivity contribution in [3.05, 3.63) is 23.2 Å². The fourth-order valence-electron chi connectivity index (χ4n) is 2.34. The summed E-state index contributed by atoms with van der Waals surface area (Å²) in [5.74, 6) is 0.746. The second kappa shape index (κ2) is 6.93. The first-order valence-electron chi connectivity index (χ1n) is 7.35. The Kier molecular flexibility index (Phi) is 4.74. The summed E-state index contributed by atoms with van der Waals surface area (Å²) < 4.78 is 12.0. The highest BCUT2D eigenvalue weighted by molar-refractivity contribution is 7.18. The van der Waals surface area contributed by atoms with E-state index in [0.717, 1.165) is 34.1 Å². The number of thiazole rings is 1. The van der Waals surface area contributed by atoms with E-state index in [-0.39, 0.29) is 12.7 Å². The summed E-state index contributed by atoms with van der Waals surface area (Å²) in [5.41, 5.74) is 0.942. The van der Waals surface area contributed by atoms with Crippen LogP contribution in [0.15, 0.2) is 18.2 Å². The van der Waals surface area contributed by atoms with Gasteiger partial charge in [-0.25, -0.2) is 9.78 Å². The molecule has 6 nitrogen and oxygen atoms in total. The highest BCUT2D eigenvalue weighted by Crippen LogP contribution is 2.25. The van der Waals surface area contributed by atoms with Crippen molar-refractivity contribution in [1.82, 2.24) is 15.2 Å². The molecule has 2 aromatic rings. The van der Waals surface area contributed by atoms with E-state index in [9.17, 15) is 4.79 Å². The number of nitrogens with one attached hydrogen (secondary N) is 1. The lowest BCUT2D eigenvalue weighted by molar-refractivity contribution is 0.0844. The average Bonchev–Trinajstić information content (AvgIpc) is 2.91. The minimum absolute atomic E-state index is 0.247. The molecule has 7 heteroatoms. The predicted molar refractivity (Wildman–Crippen MR) is 85.6 cm³/mol. The average molecular weight is 321 g/mol. The number of hydrogen-bond acceptors (Lipinski definition) is 6. The van der Waals surface area contributed by atoms with Crippen molar-refractivity contribution in [1.29, 1.82) is 0 Å². The molecule has 0 spiro atoms. The predicted octanol–water partition coefficient (Wildman–Crippen LogP) is 2.03. The van der Waals surface area contributed by atoms with Gasteiger partial charge in [-0.2, -0.15) is 0 Å². The monoisotopic (exact) mass is 321 g/mol. The normalized spacial score (nSPS) is 15.0. The topological polar surface area (TPSA) is 63.7 Å². The third kappa shape index (κ3) is 3.66. The molecular weight excluding hydrogens is 302 g/mol. The summed E-state index contributed by atoms with van der Waals surface area (Å²) >= 11 is 1.66. The Labute approximate surface area is 133 Å². The van der Waals surface area contributed by atoms with Gasteiger partial charge in [0.15, 0.2) is 0 Å². The van der Waals surface area contributed by atoms with E-state index in [4.69, 9.17) is 9.47 Å². The van der Waals surface area contributed by atoms with E-state index >= 15 is 0 Å². The summed E-state index contributed by atoms with van der Waals surface area (Å²) in [6.07, 6.45) is -0.268. The lowest BCUT2D eigenvalue weighted by Crippen LogP contribution is -2.46. The quantitative estimate of drug-likeness (QED) is 0.873. The highest BCUT2D eigenvalue weighted by Gasteiger charge is 2.16. The number of carbonyl (C=O) groups excluding carboxylic acids is 1. The molecule has 1 amide bonds. The first-order chi connectivity index (χ1) is 10.7. The Morgan fingerprint density at radius 2 is 2.18 bits per heavy atom. The largest absolute Gasteiger partial charge is 0.490 e. The van der Waals surface area contributed by atoms with Crippen LogP contribution in [0.2, 0.25) is 0 Å². The Morgan fingerprint density at radius 3 is 3.00 bits per heavy atom. The van der Waals surface area contributed by atoms with Crippen LogP contribution in [0.4, 0.5) is 4.79 Å². The SMILES string of the molecule is Cc1nc2cc(OCCOC(=O)N3CCNCC3)ccc2s1. The van der Waals surface area contributed by atoms with E-state index in [1.165, 1.54) is 0 Å². The summed E-state index contributed by atoms with van der Waals surface area (Å²) in [6, 6.07) is 5.83. The van der Waals surface area contributed by atoms with E-state index in [1.54, 1.807) is 16.2 Å². The summed E-state index contributed by atoms with van der Waals surface area (Å²) in [5, 5.41) is 4.23. The molecular formula is C15H19N3O3S. The number of fused-ring (bicyclic) bond motifs is 1. The first-order valence-corrected chi connectivity index (χ1v) is 8.16. The number of aromatic nitrogens is 1. The van der Waals surface area contributed by atoms with Crippen LogP contribution in [0.1, 0.15) is 5.01 Å². The molecule has 22 heavy (non-hydrogen) atoms. The maximum atomic E-state index is 11.8. The van der Waals surface area contributed by atoms with E-state index in [0.29, 0.717) is 19.7 Å². The third-order valence-electron chi connectivity index (χ3n) is 3.42. The number of hydrogen-bond donors (Lipinski definition) is 1. The van der Waals surface area contributed by atoms with Gasteiger partial charge in [-0.05, 0) is 19.1 Å². The maximum absolute atomic E-state index is 11.8. The summed E-state index contributed by atoms with van der Waals surface area (Å²) in [7, 11) is 0. The van der Waals surface area contributed by atoms with Crippen molar-refractivity contribution in [2.75, 3.05) is 39.4 Å². The third-order valence-corrected chi connectivity index (χ3v) is 4.37. The first kappa shape index (κ1) is 15.1. The van der Waals surface area contributed by atoms with Gasteiger partial charge in [0.25, 0.3) is 0 Å². The number of ether oxygens (including phenoxy) is 2. The zero-order valence-corrected chi connectivity index (χ0v) is 13.3. The van der Waals surface area contributed by atoms with Gasteiger partial charge in [-0.15, -0.1) is 11.3 Å². The molecule has 1 aliphatic heterocycles. The van der Waals surface area contributed by atoms with Gasteiger partial charge in [0.1, 0.15) is 19.0 Å². The molecule has 1 aliphatic rings. The molecule has 2 heterocycles. The van der Waals surface area contributed by atoms with Gasteiger partial charge in [-0.1, -0.05) is 0 Å². The number of benzene rings is 1. The van der Waals surface area contributed by atoms with Crippen LogP contribution in [0.3, 0.4) is 0 Å². The van der Waals surface area contributed by atoms with Crippen LogP contribution in [0.5, 0.6) is 5.75 Å². The van der Waals surface area contributed by atoms with E-state index in [1.807, 2.05) is 25.1 Å². The molecule has 1 aromatic carbocycles. The minimum Gasteiger partial charge on any atom is -0.490 e. The van der Waals surface area contributed by atoms with Crippen LogP contribution in [0.25, 0.3) is 10.2 Å². The number of amides is 1. The molecule has 3 rings (SSSR count). The Hall–Kier alpha value is -1.86. The molecule has 0 aliphatic carbocycles. The second-order valence-corrected chi connectivity index (χ2v) is 6.30. The summed E-state index contributed by atoms with van der Waals surface area (Å²) in [4.78, 5) is 17.9. The number of rotatable bonds is 4. The molecule has 0 atom stereocenters. The van der Waals surface area contributed by atoms with Crippen molar-refractivity contribution in [3.63, 3.8) is 0 Å². The van der Waals surface area contributed by atoms with Gasteiger partial charge in [0.2, 0.25) is 0 Å². The molecule has 1 fully saturated rings. The Morgan fingerprint density at radius 1 is 1.36 bits per heavy atom.